The molecule has 2 aromatic rings. The van der Waals surface area contributed by atoms with Crippen LogP contribution < -0.4 is 4.90 Å². The SMILES string of the molecule is CN(C)c1ccc(-n2ccnc2S(C)(=O)=O)cc1. The van der Waals surface area contributed by atoms with E-state index in [2.05, 4.69) is 4.98 Å². The van der Waals surface area contributed by atoms with Crippen molar-refractivity contribution in [3.8, 4) is 5.69 Å². The highest BCUT2D eigenvalue weighted by Gasteiger charge is 2.15. The van der Waals surface area contributed by atoms with Crippen molar-refractivity contribution < 1.29 is 8.42 Å². The van der Waals surface area contributed by atoms with Gasteiger partial charge in [-0.2, -0.15) is 0 Å². The van der Waals surface area contributed by atoms with Gasteiger partial charge in [-0.1, -0.05) is 0 Å². The molecule has 1 aromatic carbocycles. The summed E-state index contributed by atoms with van der Waals surface area (Å²) in [5, 5.41) is 0.0557. The van der Waals surface area contributed by atoms with Gasteiger partial charge in [-0.3, -0.25) is 4.57 Å². The molecular weight excluding hydrogens is 250 g/mol. The monoisotopic (exact) mass is 265 g/mol. The van der Waals surface area contributed by atoms with E-state index in [0.717, 1.165) is 17.6 Å². The largest absolute Gasteiger partial charge is 0.378 e. The lowest BCUT2D eigenvalue weighted by atomic mass is 10.2. The van der Waals surface area contributed by atoms with Crippen LogP contribution >= 0.6 is 0 Å². The predicted octanol–water partition coefficient (Wildman–Crippen LogP) is 1.34. The molecule has 1 heterocycles. The van der Waals surface area contributed by atoms with Gasteiger partial charge < -0.3 is 4.90 Å². The summed E-state index contributed by atoms with van der Waals surface area (Å²) >= 11 is 0. The van der Waals surface area contributed by atoms with E-state index in [0.29, 0.717) is 0 Å². The van der Waals surface area contributed by atoms with Gasteiger partial charge in [0.1, 0.15) is 0 Å². The minimum Gasteiger partial charge on any atom is -0.378 e. The van der Waals surface area contributed by atoms with E-state index in [4.69, 9.17) is 0 Å². The fourth-order valence-electron chi connectivity index (χ4n) is 1.67. The molecule has 0 spiro atoms. The molecule has 0 bridgehead atoms. The first kappa shape index (κ1) is 12.6. The molecule has 6 heteroatoms. The van der Waals surface area contributed by atoms with Crippen molar-refractivity contribution in [2.45, 2.75) is 5.16 Å². The zero-order chi connectivity index (χ0) is 13.3. The second kappa shape index (κ2) is 4.45. The minimum absolute atomic E-state index is 0.0557. The molecule has 0 radical (unpaired) electrons. The average molecular weight is 265 g/mol. The highest BCUT2D eigenvalue weighted by Crippen LogP contribution is 2.18. The van der Waals surface area contributed by atoms with Crippen molar-refractivity contribution in [1.29, 1.82) is 0 Å². The molecule has 0 saturated carbocycles. The Bertz CT molecular complexity index is 642. The van der Waals surface area contributed by atoms with Gasteiger partial charge in [0.15, 0.2) is 0 Å². The van der Waals surface area contributed by atoms with Gasteiger partial charge >= 0.3 is 0 Å². The topological polar surface area (TPSA) is 55.2 Å². The molecule has 0 fully saturated rings. The Morgan fingerprint density at radius 3 is 2.28 bits per heavy atom. The summed E-state index contributed by atoms with van der Waals surface area (Å²) in [5.74, 6) is 0. The lowest BCUT2D eigenvalue weighted by molar-refractivity contribution is 0.590. The van der Waals surface area contributed by atoms with E-state index in [9.17, 15) is 8.42 Å². The van der Waals surface area contributed by atoms with Crippen molar-refractivity contribution in [3.05, 3.63) is 36.7 Å². The molecule has 0 aliphatic rings. The van der Waals surface area contributed by atoms with Crippen molar-refractivity contribution in [3.63, 3.8) is 0 Å². The van der Waals surface area contributed by atoms with Gasteiger partial charge in [0, 0.05) is 44.1 Å². The van der Waals surface area contributed by atoms with Crippen LogP contribution in [-0.2, 0) is 9.84 Å². The molecular formula is C12H15N3O2S. The summed E-state index contributed by atoms with van der Waals surface area (Å²) in [6.45, 7) is 0. The maximum absolute atomic E-state index is 11.6. The van der Waals surface area contributed by atoms with Crippen LogP contribution in [0.25, 0.3) is 5.69 Å². The van der Waals surface area contributed by atoms with Crippen LogP contribution in [0.1, 0.15) is 0 Å². The van der Waals surface area contributed by atoms with E-state index in [1.54, 1.807) is 10.8 Å². The minimum atomic E-state index is -3.32. The molecule has 1 aromatic heterocycles. The highest BCUT2D eigenvalue weighted by atomic mass is 32.2. The predicted molar refractivity (Wildman–Crippen MR) is 71.0 cm³/mol. The second-order valence-electron chi connectivity index (χ2n) is 4.26. The van der Waals surface area contributed by atoms with Crippen molar-refractivity contribution >= 4 is 15.5 Å². The fourth-order valence-corrected chi connectivity index (χ4v) is 2.45. The smallest absolute Gasteiger partial charge is 0.231 e. The van der Waals surface area contributed by atoms with Crippen LogP contribution in [0.4, 0.5) is 5.69 Å². The van der Waals surface area contributed by atoms with Gasteiger partial charge in [0.25, 0.3) is 0 Å². The molecule has 0 saturated heterocycles. The summed E-state index contributed by atoms with van der Waals surface area (Å²) in [6.07, 6.45) is 4.28. The third-order valence-corrected chi connectivity index (χ3v) is 3.55. The number of hydrogen-bond donors (Lipinski definition) is 0. The van der Waals surface area contributed by atoms with Crippen LogP contribution in [0.2, 0.25) is 0 Å². The van der Waals surface area contributed by atoms with Crippen molar-refractivity contribution in [2.75, 3.05) is 25.3 Å². The zero-order valence-electron chi connectivity index (χ0n) is 10.5. The normalized spacial score (nSPS) is 11.5. The first-order valence-electron chi connectivity index (χ1n) is 5.41. The quantitative estimate of drug-likeness (QED) is 0.840. The summed E-state index contributed by atoms with van der Waals surface area (Å²) in [4.78, 5) is 5.87. The first-order chi connectivity index (χ1) is 8.39. The highest BCUT2D eigenvalue weighted by molar-refractivity contribution is 7.90. The Hall–Kier alpha value is -1.82. The van der Waals surface area contributed by atoms with Gasteiger partial charge in [0.05, 0.1) is 0 Å². The molecule has 96 valence electrons. The fraction of sp³-hybridized carbons (Fsp3) is 0.250. The van der Waals surface area contributed by atoms with Crippen molar-refractivity contribution in [1.82, 2.24) is 9.55 Å². The van der Waals surface area contributed by atoms with E-state index in [-0.39, 0.29) is 5.16 Å². The Kier molecular flexibility index (Phi) is 3.13. The molecule has 0 unspecified atom stereocenters. The number of anilines is 1. The molecule has 5 nitrogen and oxygen atoms in total. The molecule has 0 aliphatic heterocycles. The van der Waals surface area contributed by atoms with Crippen molar-refractivity contribution in [2.24, 2.45) is 0 Å². The lowest BCUT2D eigenvalue weighted by Gasteiger charge is -2.13. The van der Waals surface area contributed by atoms with Gasteiger partial charge in [-0.15, -0.1) is 0 Å². The van der Waals surface area contributed by atoms with E-state index in [1.165, 1.54) is 6.20 Å². The number of imidazole rings is 1. The van der Waals surface area contributed by atoms with Gasteiger partial charge in [0.2, 0.25) is 15.0 Å². The summed E-state index contributed by atoms with van der Waals surface area (Å²) in [5.41, 5.74) is 1.83. The molecule has 2 rings (SSSR count). The Balaban J connectivity index is 2.47. The van der Waals surface area contributed by atoms with E-state index >= 15 is 0 Å². The van der Waals surface area contributed by atoms with Crippen LogP contribution in [0.5, 0.6) is 0 Å². The number of nitrogens with zero attached hydrogens (tertiary/aromatic N) is 3. The summed E-state index contributed by atoms with van der Waals surface area (Å²) in [7, 11) is 0.582. The average Bonchev–Trinajstić information content (AvgIpc) is 2.77. The number of aromatic nitrogens is 2. The van der Waals surface area contributed by atoms with Crippen LogP contribution in [0, 0.1) is 0 Å². The number of rotatable bonds is 3. The molecule has 0 atom stereocenters. The van der Waals surface area contributed by atoms with Gasteiger partial charge in [-0.05, 0) is 24.3 Å². The molecule has 0 aliphatic carbocycles. The maximum Gasteiger partial charge on any atom is 0.231 e. The zero-order valence-corrected chi connectivity index (χ0v) is 11.3. The van der Waals surface area contributed by atoms with Crippen LogP contribution in [0.3, 0.4) is 0 Å². The Labute approximate surface area is 107 Å². The molecule has 18 heavy (non-hydrogen) atoms. The molecule has 0 amide bonds. The lowest BCUT2D eigenvalue weighted by Crippen LogP contribution is -2.09. The first-order valence-corrected chi connectivity index (χ1v) is 7.30. The summed E-state index contributed by atoms with van der Waals surface area (Å²) in [6, 6.07) is 7.60. The van der Waals surface area contributed by atoms with E-state index < -0.39 is 9.84 Å². The third kappa shape index (κ3) is 2.38. The Morgan fingerprint density at radius 2 is 1.78 bits per heavy atom. The summed E-state index contributed by atoms with van der Waals surface area (Å²) < 4.78 is 24.7. The maximum atomic E-state index is 11.6. The number of hydrogen-bond acceptors (Lipinski definition) is 4. The molecule has 0 N–H and O–H groups in total. The number of sulfone groups is 1. The Morgan fingerprint density at radius 1 is 1.17 bits per heavy atom. The van der Waals surface area contributed by atoms with Gasteiger partial charge in [-0.25, -0.2) is 13.4 Å². The standard InChI is InChI=1S/C12H15N3O2S/c1-14(2)10-4-6-11(7-5-10)15-9-8-13-12(15)18(3,16)17/h4-9H,1-3H3. The third-order valence-electron chi connectivity index (χ3n) is 2.58. The van der Waals surface area contributed by atoms with E-state index in [1.807, 2.05) is 43.3 Å². The number of benzene rings is 1. The van der Waals surface area contributed by atoms with Crippen LogP contribution in [-0.4, -0.2) is 38.3 Å². The van der Waals surface area contributed by atoms with Crippen LogP contribution in [0.15, 0.2) is 41.8 Å². The second-order valence-corrected chi connectivity index (χ2v) is 6.17.